The lowest BCUT2D eigenvalue weighted by atomic mass is 9.83. The number of thiazole rings is 1. The number of hydrogen-bond acceptors (Lipinski definition) is 6. The molecule has 3 unspecified atom stereocenters. The SMILES string of the molecule is O=C(Cn1c2c(sc1=O)C(c1ccc(F)cc1)C1C(=O)N(c3ccc(F)cc3)C(=O)C1S2)Nc1ccc2ccccc2c1. The van der Waals surface area contributed by atoms with Crippen molar-refractivity contribution < 1.29 is 23.2 Å². The van der Waals surface area contributed by atoms with E-state index in [2.05, 4.69) is 5.32 Å². The molecule has 3 amide bonds. The number of aromatic nitrogens is 1. The molecule has 0 radical (unpaired) electrons. The minimum absolute atomic E-state index is 0.236. The number of anilines is 2. The van der Waals surface area contributed by atoms with E-state index in [1.807, 2.05) is 36.4 Å². The first-order chi connectivity index (χ1) is 20.8. The normalized spacial score (nSPS) is 19.4. The van der Waals surface area contributed by atoms with Crippen LogP contribution in [0.4, 0.5) is 20.2 Å². The third-order valence-electron chi connectivity index (χ3n) is 7.70. The average Bonchev–Trinajstić information content (AvgIpc) is 3.44. The minimum atomic E-state index is -0.913. The number of carbonyl (C=O) groups excluding carboxylic acids is 3. The molecule has 1 N–H and O–H groups in total. The first-order valence-electron chi connectivity index (χ1n) is 13.4. The highest BCUT2D eigenvalue weighted by Gasteiger charge is 2.56. The number of nitrogens with one attached hydrogen (secondary N) is 1. The topological polar surface area (TPSA) is 88.5 Å². The Balaban J connectivity index is 1.26. The van der Waals surface area contributed by atoms with Crippen molar-refractivity contribution in [2.45, 2.75) is 22.7 Å². The van der Waals surface area contributed by atoms with Crippen LogP contribution in [0.5, 0.6) is 0 Å². The highest BCUT2D eigenvalue weighted by atomic mass is 32.2. The summed E-state index contributed by atoms with van der Waals surface area (Å²) in [6.45, 7) is -0.304. The van der Waals surface area contributed by atoms with Crippen LogP contribution in [0.15, 0.2) is 101 Å². The zero-order valence-electron chi connectivity index (χ0n) is 22.2. The molecule has 0 aliphatic carbocycles. The van der Waals surface area contributed by atoms with Gasteiger partial charge < -0.3 is 5.32 Å². The quantitative estimate of drug-likeness (QED) is 0.254. The van der Waals surface area contributed by atoms with Crippen molar-refractivity contribution in [1.82, 2.24) is 4.57 Å². The Morgan fingerprint density at radius 1 is 0.814 bits per heavy atom. The van der Waals surface area contributed by atoms with Crippen molar-refractivity contribution in [2.75, 3.05) is 10.2 Å². The fourth-order valence-electron chi connectivity index (χ4n) is 5.74. The largest absolute Gasteiger partial charge is 0.325 e. The van der Waals surface area contributed by atoms with E-state index in [9.17, 15) is 28.0 Å². The molecule has 0 spiro atoms. The highest BCUT2D eigenvalue weighted by molar-refractivity contribution is 8.00. The molecule has 0 saturated carbocycles. The summed E-state index contributed by atoms with van der Waals surface area (Å²) in [5.41, 5.74) is 1.37. The standard InChI is InChI=1S/C32H21F2N3O4S2/c33-20-8-5-18(6-9-20)25-26-27(30(40)37(29(26)39)23-13-10-21(34)11-14-23)42-31-28(25)43-32(41)36(31)16-24(38)35-22-12-7-17-3-1-2-4-19(17)15-22/h1-15,25-27H,16H2,(H,35,38). The van der Waals surface area contributed by atoms with Gasteiger partial charge in [0.15, 0.2) is 0 Å². The molecule has 0 bridgehead atoms. The van der Waals surface area contributed by atoms with Crippen LogP contribution in [0.2, 0.25) is 0 Å². The third kappa shape index (κ3) is 4.74. The Bertz CT molecular complexity index is 1990. The lowest BCUT2D eigenvalue weighted by Crippen LogP contribution is -2.33. The molecule has 1 fully saturated rings. The van der Waals surface area contributed by atoms with Gasteiger partial charge in [0, 0.05) is 16.5 Å². The van der Waals surface area contributed by atoms with E-state index in [0.29, 0.717) is 21.2 Å². The molecule has 2 aliphatic heterocycles. The van der Waals surface area contributed by atoms with Gasteiger partial charge in [-0.2, -0.15) is 0 Å². The summed E-state index contributed by atoms with van der Waals surface area (Å²) < 4.78 is 28.8. The molecule has 1 aromatic heterocycles. The van der Waals surface area contributed by atoms with Crippen LogP contribution in [-0.2, 0) is 20.9 Å². The number of hydrogen-bond donors (Lipinski definition) is 1. The average molecular weight is 614 g/mol. The van der Waals surface area contributed by atoms with Crippen LogP contribution in [0.3, 0.4) is 0 Å². The lowest BCUT2D eigenvalue weighted by molar-refractivity contribution is -0.122. The summed E-state index contributed by atoms with van der Waals surface area (Å²) in [5.74, 6) is -4.02. The van der Waals surface area contributed by atoms with E-state index in [-0.39, 0.29) is 12.2 Å². The highest BCUT2D eigenvalue weighted by Crippen LogP contribution is 2.53. The van der Waals surface area contributed by atoms with Crippen LogP contribution in [-0.4, -0.2) is 27.5 Å². The van der Waals surface area contributed by atoms with Gasteiger partial charge in [0.1, 0.15) is 23.4 Å². The molecule has 7 rings (SSSR count). The van der Waals surface area contributed by atoms with Crippen LogP contribution in [0.25, 0.3) is 10.8 Å². The maximum atomic E-state index is 13.9. The van der Waals surface area contributed by atoms with E-state index >= 15 is 0 Å². The predicted octanol–water partition coefficient (Wildman–Crippen LogP) is 5.78. The van der Waals surface area contributed by atoms with Gasteiger partial charge in [-0.25, -0.2) is 13.7 Å². The van der Waals surface area contributed by atoms with Gasteiger partial charge in [-0.3, -0.25) is 23.7 Å². The molecule has 214 valence electrons. The van der Waals surface area contributed by atoms with Gasteiger partial charge in [-0.15, -0.1) is 0 Å². The number of amides is 3. The van der Waals surface area contributed by atoms with Crippen molar-refractivity contribution in [3.05, 3.63) is 123 Å². The number of halogens is 2. The van der Waals surface area contributed by atoms with Crippen molar-refractivity contribution in [1.29, 1.82) is 0 Å². The van der Waals surface area contributed by atoms with Crippen molar-refractivity contribution in [2.24, 2.45) is 5.92 Å². The van der Waals surface area contributed by atoms with E-state index < -0.39 is 51.3 Å². The Kier molecular flexibility index (Phi) is 6.71. The summed E-state index contributed by atoms with van der Waals surface area (Å²) >= 11 is 1.98. The summed E-state index contributed by atoms with van der Waals surface area (Å²) in [7, 11) is 0. The maximum absolute atomic E-state index is 13.9. The molecular formula is C32H21F2N3O4S2. The van der Waals surface area contributed by atoms with E-state index in [1.165, 1.54) is 53.1 Å². The van der Waals surface area contributed by atoms with Crippen molar-refractivity contribution in [3.8, 4) is 0 Å². The van der Waals surface area contributed by atoms with Gasteiger partial charge in [-0.05, 0) is 64.9 Å². The fourth-order valence-corrected chi connectivity index (χ4v) is 8.51. The fraction of sp³-hybridized carbons (Fsp3) is 0.125. The Hall–Kier alpha value is -4.61. The van der Waals surface area contributed by atoms with Gasteiger partial charge in [0.2, 0.25) is 17.7 Å². The molecular weight excluding hydrogens is 592 g/mol. The Labute approximate surface area is 251 Å². The molecule has 7 nitrogen and oxygen atoms in total. The molecule has 2 aliphatic rings. The van der Waals surface area contributed by atoms with Crippen LogP contribution in [0, 0.1) is 17.6 Å². The zero-order valence-corrected chi connectivity index (χ0v) is 23.8. The molecule has 11 heteroatoms. The van der Waals surface area contributed by atoms with Crippen LogP contribution >= 0.6 is 23.1 Å². The Morgan fingerprint density at radius 2 is 1.49 bits per heavy atom. The summed E-state index contributed by atoms with van der Waals surface area (Å²) in [5, 5.41) is 4.32. The number of imide groups is 1. The van der Waals surface area contributed by atoms with Crippen LogP contribution < -0.4 is 15.1 Å². The summed E-state index contributed by atoms with van der Waals surface area (Å²) in [6.07, 6.45) is 0. The second kappa shape index (κ2) is 10.6. The monoisotopic (exact) mass is 613 g/mol. The number of benzene rings is 4. The second-order valence-electron chi connectivity index (χ2n) is 10.3. The molecule has 43 heavy (non-hydrogen) atoms. The smallest absolute Gasteiger partial charge is 0.308 e. The molecule has 4 aromatic carbocycles. The van der Waals surface area contributed by atoms with Gasteiger partial charge >= 0.3 is 4.87 Å². The number of carbonyl (C=O) groups is 3. The lowest BCUT2D eigenvalue weighted by Gasteiger charge is -2.30. The molecule has 5 aromatic rings. The number of nitrogens with zero attached hydrogens (tertiary/aromatic N) is 2. The van der Waals surface area contributed by atoms with E-state index in [4.69, 9.17) is 0 Å². The predicted molar refractivity (Wildman–Crippen MR) is 161 cm³/mol. The first-order valence-corrected chi connectivity index (χ1v) is 15.1. The second-order valence-corrected chi connectivity index (χ2v) is 12.4. The van der Waals surface area contributed by atoms with Gasteiger partial charge in [0.05, 0.1) is 16.6 Å². The number of thioether (sulfide) groups is 1. The van der Waals surface area contributed by atoms with Crippen molar-refractivity contribution in [3.63, 3.8) is 0 Å². The molecule has 1 saturated heterocycles. The maximum Gasteiger partial charge on any atom is 0.308 e. The Morgan fingerprint density at radius 3 is 2.21 bits per heavy atom. The third-order valence-corrected chi connectivity index (χ3v) is 10.3. The molecule has 3 atom stereocenters. The van der Waals surface area contributed by atoms with Gasteiger partial charge in [0.25, 0.3) is 0 Å². The van der Waals surface area contributed by atoms with E-state index in [0.717, 1.165) is 38.8 Å². The number of fused-ring (bicyclic) bond motifs is 3. The summed E-state index contributed by atoms with van der Waals surface area (Å²) in [4.78, 5) is 55.2. The summed E-state index contributed by atoms with van der Waals surface area (Å²) in [6, 6.07) is 23.9. The molecule has 3 heterocycles. The van der Waals surface area contributed by atoms with Crippen LogP contribution in [0.1, 0.15) is 16.4 Å². The van der Waals surface area contributed by atoms with Gasteiger partial charge in [-0.1, -0.05) is 65.6 Å². The first kappa shape index (κ1) is 27.2. The minimum Gasteiger partial charge on any atom is -0.325 e. The van der Waals surface area contributed by atoms with Crippen molar-refractivity contribution >= 4 is 63.0 Å². The number of rotatable bonds is 5. The van der Waals surface area contributed by atoms with E-state index in [1.54, 1.807) is 6.07 Å². The zero-order chi connectivity index (χ0) is 29.8.